The number of fused-ring (bicyclic) bond motifs is 3. The molecule has 0 N–H and O–H groups in total. The largest absolute Gasteiger partial charge is 0.378 e. The van der Waals surface area contributed by atoms with Gasteiger partial charge in [-0.2, -0.15) is 0 Å². The summed E-state index contributed by atoms with van der Waals surface area (Å²) in [5, 5.41) is 0. The first kappa shape index (κ1) is 13.7. The topological polar surface area (TPSA) is 18.5 Å². The normalized spacial score (nSPS) is 54.3. The van der Waals surface area contributed by atoms with E-state index in [9.17, 15) is 8.78 Å². The Morgan fingerprint density at radius 3 is 2.42 bits per heavy atom. The fraction of sp³-hybridized carbons (Fsp3) is 1.00. The first-order valence-corrected chi connectivity index (χ1v) is 7.56. The van der Waals surface area contributed by atoms with Crippen LogP contribution in [0, 0.1) is 23.7 Å². The van der Waals surface area contributed by atoms with Crippen LogP contribution in [0.1, 0.15) is 32.6 Å². The summed E-state index contributed by atoms with van der Waals surface area (Å²) < 4.78 is 39.6. The molecule has 0 bridgehead atoms. The van der Waals surface area contributed by atoms with Gasteiger partial charge in [-0.05, 0) is 43.4 Å². The van der Waals surface area contributed by atoms with Gasteiger partial charge in [0.1, 0.15) is 6.17 Å². The Bertz CT molecular complexity index is 325. The second kappa shape index (κ2) is 5.28. The van der Waals surface area contributed by atoms with Gasteiger partial charge in [-0.3, -0.25) is 0 Å². The maximum absolute atomic E-state index is 14.4. The molecule has 1 saturated heterocycles. The second-order valence-corrected chi connectivity index (χ2v) is 6.58. The monoisotopic (exact) mass is 274 g/mol. The Labute approximate surface area is 113 Å². The first-order valence-electron chi connectivity index (χ1n) is 7.56. The minimum absolute atomic E-state index is 0.0173. The summed E-state index contributed by atoms with van der Waals surface area (Å²) >= 11 is 0. The van der Waals surface area contributed by atoms with Crippen molar-refractivity contribution in [3.63, 3.8) is 0 Å². The SMILES string of the molecule is COC1CCC2C3CCC(C)C(F)C3COC2C1F. The smallest absolute Gasteiger partial charge is 0.152 e. The Morgan fingerprint density at radius 2 is 1.68 bits per heavy atom. The lowest BCUT2D eigenvalue weighted by Crippen LogP contribution is -2.56. The molecule has 8 unspecified atom stereocenters. The van der Waals surface area contributed by atoms with E-state index in [1.165, 1.54) is 0 Å². The minimum Gasteiger partial charge on any atom is -0.378 e. The van der Waals surface area contributed by atoms with E-state index in [0.717, 1.165) is 25.7 Å². The zero-order chi connectivity index (χ0) is 13.6. The van der Waals surface area contributed by atoms with Crippen LogP contribution in [0.15, 0.2) is 0 Å². The Hall–Kier alpha value is -0.220. The van der Waals surface area contributed by atoms with E-state index in [-0.39, 0.29) is 30.0 Å². The maximum Gasteiger partial charge on any atom is 0.152 e. The van der Waals surface area contributed by atoms with E-state index in [1.54, 1.807) is 7.11 Å². The molecule has 0 aromatic rings. The van der Waals surface area contributed by atoms with Crippen LogP contribution in [-0.4, -0.2) is 38.3 Å². The predicted octanol–water partition coefficient (Wildman–Crippen LogP) is 3.15. The van der Waals surface area contributed by atoms with E-state index < -0.39 is 12.3 Å². The van der Waals surface area contributed by atoms with Crippen molar-refractivity contribution in [2.75, 3.05) is 13.7 Å². The van der Waals surface area contributed by atoms with Gasteiger partial charge < -0.3 is 9.47 Å². The van der Waals surface area contributed by atoms with Crippen LogP contribution in [0.5, 0.6) is 0 Å². The van der Waals surface area contributed by atoms with E-state index in [1.807, 2.05) is 6.92 Å². The molecule has 3 aliphatic rings. The molecular weight excluding hydrogens is 250 g/mol. The molecule has 0 aromatic carbocycles. The summed E-state index contributed by atoms with van der Waals surface area (Å²) in [6, 6.07) is 0. The highest BCUT2D eigenvalue weighted by molar-refractivity contribution is 5.00. The highest BCUT2D eigenvalue weighted by Gasteiger charge is 2.52. The summed E-state index contributed by atoms with van der Waals surface area (Å²) in [5.74, 6) is 0.598. The number of methoxy groups -OCH3 is 1. The molecule has 0 spiro atoms. The molecule has 1 aliphatic heterocycles. The molecular formula is C15H24F2O2. The minimum atomic E-state index is -1.05. The van der Waals surface area contributed by atoms with Crippen molar-refractivity contribution >= 4 is 0 Å². The molecule has 3 rings (SSSR count). The van der Waals surface area contributed by atoms with Gasteiger partial charge in [0.15, 0.2) is 6.17 Å². The lowest BCUT2D eigenvalue weighted by atomic mass is 9.62. The van der Waals surface area contributed by atoms with E-state index in [4.69, 9.17) is 9.47 Å². The Balaban J connectivity index is 1.76. The number of ether oxygens (including phenoxy) is 2. The molecule has 1 heterocycles. The molecule has 0 amide bonds. The van der Waals surface area contributed by atoms with Gasteiger partial charge in [0, 0.05) is 13.0 Å². The van der Waals surface area contributed by atoms with Gasteiger partial charge in [-0.1, -0.05) is 6.92 Å². The van der Waals surface area contributed by atoms with Crippen molar-refractivity contribution < 1.29 is 18.3 Å². The maximum atomic E-state index is 14.4. The number of hydrogen-bond acceptors (Lipinski definition) is 2. The van der Waals surface area contributed by atoms with Gasteiger partial charge in [0.05, 0.1) is 18.8 Å². The quantitative estimate of drug-likeness (QED) is 0.731. The number of hydrogen-bond donors (Lipinski definition) is 0. The van der Waals surface area contributed by atoms with Crippen LogP contribution < -0.4 is 0 Å². The van der Waals surface area contributed by atoms with Gasteiger partial charge in [0.25, 0.3) is 0 Å². The summed E-state index contributed by atoms with van der Waals surface area (Å²) in [6.45, 7) is 2.36. The van der Waals surface area contributed by atoms with Crippen LogP contribution in [0.25, 0.3) is 0 Å². The lowest BCUT2D eigenvalue weighted by Gasteiger charge is -2.51. The molecule has 2 aliphatic carbocycles. The zero-order valence-electron chi connectivity index (χ0n) is 11.7. The van der Waals surface area contributed by atoms with Crippen molar-refractivity contribution in [2.24, 2.45) is 23.7 Å². The molecule has 0 aromatic heterocycles. The van der Waals surface area contributed by atoms with E-state index >= 15 is 0 Å². The first-order chi connectivity index (χ1) is 9.13. The van der Waals surface area contributed by atoms with Crippen molar-refractivity contribution in [2.45, 2.75) is 57.2 Å². The molecule has 19 heavy (non-hydrogen) atoms. The fourth-order valence-corrected chi connectivity index (χ4v) is 4.51. The zero-order valence-corrected chi connectivity index (χ0v) is 11.7. The second-order valence-electron chi connectivity index (χ2n) is 6.58. The van der Waals surface area contributed by atoms with Crippen LogP contribution in [0.3, 0.4) is 0 Å². The molecule has 2 saturated carbocycles. The van der Waals surface area contributed by atoms with Crippen molar-refractivity contribution in [1.82, 2.24) is 0 Å². The summed E-state index contributed by atoms with van der Waals surface area (Å²) in [6.07, 6.45) is 1.04. The van der Waals surface area contributed by atoms with Crippen LogP contribution in [-0.2, 0) is 9.47 Å². The van der Waals surface area contributed by atoms with Crippen LogP contribution >= 0.6 is 0 Å². The third kappa shape index (κ3) is 2.21. The fourth-order valence-electron chi connectivity index (χ4n) is 4.51. The highest BCUT2D eigenvalue weighted by atomic mass is 19.1. The predicted molar refractivity (Wildman–Crippen MR) is 68.4 cm³/mol. The van der Waals surface area contributed by atoms with E-state index in [0.29, 0.717) is 12.5 Å². The van der Waals surface area contributed by atoms with E-state index in [2.05, 4.69) is 0 Å². The highest BCUT2D eigenvalue weighted by Crippen LogP contribution is 2.49. The third-order valence-corrected chi connectivity index (χ3v) is 5.67. The van der Waals surface area contributed by atoms with Gasteiger partial charge >= 0.3 is 0 Å². The number of alkyl halides is 2. The Morgan fingerprint density at radius 1 is 0.947 bits per heavy atom. The molecule has 3 fully saturated rings. The standard InChI is InChI=1S/C15H24F2O2/c1-8-3-4-9-10-5-6-12(18-2)14(17)15(10)19-7-11(9)13(8)16/h8-15H,3-7H2,1-2H3. The van der Waals surface area contributed by atoms with Gasteiger partial charge in [-0.15, -0.1) is 0 Å². The molecule has 0 radical (unpaired) electrons. The molecule has 2 nitrogen and oxygen atoms in total. The van der Waals surface area contributed by atoms with Crippen molar-refractivity contribution in [1.29, 1.82) is 0 Å². The summed E-state index contributed by atoms with van der Waals surface area (Å²) in [7, 11) is 1.56. The van der Waals surface area contributed by atoms with Gasteiger partial charge in [-0.25, -0.2) is 8.78 Å². The lowest BCUT2D eigenvalue weighted by molar-refractivity contribution is -0.192. The molecule has 4 heteroatoms. The number of rotatable bonds is 1. The summed E-state index contributed by atoms with van der Waals surface area (Å²) in [5.41, 5.74) is 0. The number of halogens is 2. The Kier molecular flexibility index (Phi) is 3.82. The average Bonchev–Trinajstić information content (AvgIpc) is 2.43. The molecule has 110 valence electrons. The molecule has 8 atom stereocenters. The van der Waals surface area contributed by atoms with Gasteiger partial charge in [0.2, 0.25) is 0 Å². The van der Waals surface area contributed by atoms with Crippen molar-refractivity contribution in [3.8, 4) is 0 Å². The summed E-state index contributed by atoms with van der Waals surface area (Å²) in [4.78, 5) is 0. The van der Waals surface area contributed by atoms with Crippen LogP contribution in [0.4, 0.5) is 8.78 Å². The van der Waals surface area contributed by atoms with Crippen LogP contribution in [0.2, 0.25) is 0 Å². The average molecular weight is 274 g/mol. The third-order valence-electron chi connectivity index (χ3n) is 5.67. The van der Waals surface area contributed by atoms with Crippen molar-refractivity contribution in [3.05, 3.63) is 0 Å².